The third-order valence-corrected chi connectivity index (χ3v) is 3.05. The van der Waals surface area contributed by atoms with Gasteiger partial charge < -0.3 is 18.9 Å². The molecular formula is C15H33NO4. The first kappa shape index (κ1) is 19.8. The van der Waals surface area contributed by atoms with E-state index < -0.39 is 0 Å². The van der Waals surface area contributed by atoms with Crippen LogP contribution in [-0.4, -0.2) is 76.9 Å². The van der Waals surface area contributed by atoms with E-state index in [9.17, 15) is 0 Å². The van der Waals surface area contributed by atoms with Crippen LogP contribution < -0.4 is 0 Å². The van der Waals surface area contributed by atoms with Gasteiger partial charge in [-0.05, 0) is 27.7 Å². The largest absolute Gasteiger partial charge is 0.383 e. The number of methoxy groups -OCH3 is 2. The zero-order valence-electron chi connectivity index (χ0n) is 14.1. The standard InChI is InChI=1S/C15H33NO4/c1-13(2)16(7-8-17-5)15(12-20-14(3)4)11-19-10-9-18-6/h13-15H,7-12H2,1-6H3. The van der Waals surface area contributed by atoms with Crippen molar-refractivity contribution in [2.45, 2.75) is 45.9 Å². The molecule has 0 aliphatic carbocycles. The summed E-state index contributed by atoms with van der Waals surface area (Å²) in [7, 11) is 3.41. The molecule has 0 amide bonds. The van der Waals surface area contributed by atoms with Crippen molar-refractivity contribution in [3.05, 3.63) is 0 Å². The molecule has 0 saturated heterocycles. The van der Waals surface area contributed by atoms with Crippen LogP contribution in [0.2, 0.25) is 0 Å². The Bertz CT molecular complexity index is 212. The maximum Gasteiger partial charge on any atom is 0.0701 e. The van der Waals surface area contributed by atoms with Crippen molar-refractivity contribution < 1.29 is 18.9 Å². The van der Waals surface area contributed by atoms with Gasteiger partial charge in [0.15, 0.2) is 0 Å². The van der Waals surface area contributed by atoms with Gasteiger partial charge in [-0.2, -0.15) is 0 Å². The minimum Gasteiger partial charge on any atom is -0.383 e. The Morgan fingerprint density at radius 3 is 2.00 bits per heavy atom. The monoisotopic (exact) mass is 291 g/mol. The molecule has 0 N–H and O–H groups in total. The maximum atomic E-state index is 5.78. The number of nitrogens with zero attached hydrogens (tertiary/aromatic N) is 1. The Labute approximate surface area is 124 Å². The van der Waals surface area contributed by atoms with Crippen LogP contribution in [0.4, 0.5) is 0 Å². The lowest BCUT2D eigenvalue weighted by Crippen LogP contribution is -2.47. The number of ether oxygens (including phenoxy) is 4. The molecule has 5 heteroatoms. The molecule has 0 aliphatic rings. The fourth-order valence-electron chi connectivity index (χ4n) is 1.96. The fourth-order valence-corrected chi connectivity index (χ4v) is 1.96. The first-order valence-electron chi connectivity index (χ1n) is 7.45. The topological polar surface area (TPSA) is 40.2 Å². The molecule has 0 bridgehead atoms. The zero-order chi connectivity index (χ0) is 15.4. The highest BCUT2D eigenvalue weighted by molar-refractivity contribution is 4.75. The van der Waals surface area contributed by atoms with E-state index in [1.54, 1.807) is 14.2 Å². The van der Waals surface area contributed by atoms with Crippen molar-refractivity contribution in [2.24, 2.45) is 0 Å². The van der Waals surface area contributed by atoms with E-state index in [1.807, 2.05) is 0 Å². The Morgan fingerprint density at radius 2 is 1.50 bits per heavy atom. The van der Waals surface area contributed by atoms with Gasteiger partial charge in [0.25, 0.3) is 0 Å². The van der Waals surface area contributed by atoms with E-state index in [0.717, 1.165) is 6.54 Å². The Balaban J connectivity index is 4.41. The maximum absolute atomic E-state index is 5.78. The highest BCUT2D eigenvalue weighted by Crippen LogP contribution is 2.08. The van der Waals surface area contributed by atoms with E-state index in [4.69, 9.17) is 18.9 Å². The van der Waals surface area contributed by atoms with Crippen LogP contribution in [0.15, 0.2) is 0 Å². The van der Waals surface area contributed by atoms with Gasteiger partial charge in [0.1, 0.15) is 0 Å². The van der Waals surface area contributed by atoms with Crippen molar-refractivity contribution in [2.75, 3.05) is 53.8 Å². The Morgan fingerprint density at radius 1 is 0.850 bits per heavy atom. The number of hydrogen-bond donors (Lipinski definition) is 0. The number of hydrogen-bond acceptors (Lipinski definition) is 5. The Hall–Kier alpha value is -0.200. The minimum absolute atomic E-state index is 0.230. The van der Waals surface area contributed by atoms with E-state index in [-0.39, 0.29) is 12.1 Å². The molecule has 0 fully saturated rings. The van der Waals surface area contributed by atoms with Crippen molar-refractivity contribution in [1.29, 1.82) is 0 Å². The molecule has 5 nitrogen and oxygen atoms in total. The summed E-state index contributed by atoms with van der Waals surface area (Å²) in [5.74, 6) is 0. The van der Waals surface area contributed by atoms with Crippen LogP contribution in [0.1, 0.15) is 27.7 Å². The smallest absolute Gasteiger partial charge is 0.0701 e. The molecule has 0 spiro atoms. The summed E-state index contributed by atoms with van der Waals surface area (Å²) in [6.07, 6.45) is 0.230. The van der Waals surface area contributed by atoms with Gasteiger partial charge in [0.05, 0.1) is 45.2 Å². The van der Waals surface area contributed by atoms with Gasteiger partial charge in [0.2, 0.25) is 0 Å². The molecule has 0 aromatic heterocycles. The first-order valence-corrected chi connectivity index (χ1v) is 7.45. The third kappa shape index (κ3) is 9.66. The van der Waals surface area contributed by atoms with E-state index in [2.05, 4.69) is 32.6 Å². The predicted molar refractivity (Wildman–Crippen MR) is 81.3 cm³/mol. The highest BCUT2D eigenvalue weighted by atomic mass is 16.5. The molecule has 0 aromatic carbocycles. The quantitative estimate of drug-likeness (QED) is 0.484. The summed E-state index contributed by atoms with van der Waals surface area (Å²) in [5, 5.41) is 0. The third-order valence-electron chi connectivity index (χ3n) is 3.05. The SMILES string of the molecule is COCCOCC(COC(C)C)N(CCOC)C(C)C. The highest BCUT2D eigenvalue weighted by Gasteiger charge is 2.22. The fraction of sp³-hybridized carbons (Fsp3) is 1.00. The summed E-state index contributed by atoms with van der Waals surface area (Å²) in [6, 6.07) is 0.668. The van der Waals surface area contributed by atoms with Gasteiger partial charge in [-0.15, -0.1) is 0 Å². The molecule has 0 saturated carbocycles. The molecule has 122 valence electrons. The van der Waals surface area contributed by atoms with Crippen LogP contribution in [0.3, 0.4) is 0 Å². The lowest BCUT2D eigenvalue weighted by atomic mass is 10.2. The van der Waals surface area contributed by atoms with Crippen molar-refractivity contribution >= 4 is 0 Å². The molecule has 0 aliphatic heterocycles. The average Bonchev–Trinajstić information content (AvgIpc) is 2.39. The first-order chi connectivity index (χ1) is 9.52. The zero-order valence-corrected chi connectivity index (χ0v) is 14.1. The second-order valence-corrected chi connectivity index (χ2v) is 5.43. The molecular weight excluding hydrogens is 258 g/mol. The summed E-state index contributed by atoms with van der Waals surface area (Å²) in [5.41, 5.74) is 0. The number of rotatable bonds is 13. The Kier molecular flexibility index (Phi) is 12.4. The van der Waals surface area contributed by atoms with Crippen molar-refractivity contribution in [3.63, 3.8) is 0 Å². The summed E-state index contributed by atoms with van der Waals surface area (Å²) >= 11 is 0. The normalized spacial score (nSPS) is 13.7. The molecule has 0 radical (unpaired) electrons. The lowest BCUT2D eigenvalue weighted by molar-refractivity contribution is -0.0361. The molecule has 0 heterocycles. The molecule has 20 heavy (non-hydrogen) atoms. The van der Waals surface area contributed by atoms with E-state index >= 15 is 0 Å². The van der Waals surface area contributed by atoms with E-state index in [0.29, 0.717) is 39.1 Å². The van der Waals surface area contributed by atoms with Gasteiger partial charge in [-0.3, -0.25) is 4.90 Å². The predicted octanol–water partition coefficient (Wildman–Crippen LogP) is 1.80. The van der Waals surface area contributed by atoms with Crippen LogP contribution in [-0.2, 0) is 18.9 Å². The summed E-state index contributed by atoms with van der Waals surface area (Å²) in [6.45, 7) is 12.6. The molecule has 0 aromatic rings. The van der Waals surface area contributed by atoms with Gasteiger partial charge >= 0.3 is 0 Å². The lowest BCUT2D eigenvalue weighted by Gasteiger charge is -2.35. The second kappa shape index (κ2) is 12.5. The van der Waals surface area contributed by atoms with Gasteiger partial charge in [-0.25, -0.2) is 0 Å². The molecule has 0 rings (SSSR count). The summed E-state index contributed by atoms with van der Waals surface area (Å²) in [4.78, 5) is 2.37. The van der Waals surface area contributed by atoms with Gasteiger partial charge in [0, 0.05) is 26.8 Å². The van der Waals surface area contributed by atoms with Crippen molar-refractivity contribution in [1.82, 2.24) is 4.90 Å². The average molecular weight is 291 g/mol. The van der Waals surface area contributed by atoms with Gasteiger partial charge in [-0.1, -0.05) is 0 Å². The van der Waals surface area contributed by atoms with Crippen LogP contribution in [0.25, 0.3) is 0 Å². The minimum atomic E-state index is 0.230. The molecule has 1 unspecified atom stereocenters. The second-order valence-electron chi connectivity index (χ2n) is 5.43. The van der Waals surface area contributed by atoms with Crippen molar-refractivity contribution in [3.8, 4) is 0 Å². The van der Waals surface area contributed by atoms with Crippen LogP contribution in [0, 0.1) is 0 Å². The van der Waals surface area contributed by atoms with Crippen LogP contribution in [0.5, 0.6) is 0 Å². The van der Waals surface area contributed by atoms with Crippen LogP contribution >= 0.6 is 0 Å². The summed E-state index contributed by atoms with van der Waals surface area (Å²) < 4.78 is 21.7. The molecule has 1 atom stereocenters. The van der Waals surface area contributed by atoms with E-state index in [1.165, 1.54) is 0 Å².